The van der Waals surface area contributed by atoms with Crippen molar-refractivity contribution in [1.82, 2.24) is 20.2 Å². The number of benzene rings is 3. The molecule has 1 unspecified atom stereocenters. The van der Waals surface area contributed by atoms with Gasteiger partial charge in [-0.1, -0.05) is 38.1 Å². The van der Waals surface area contributed by atoms with Crippen molar-refractivity contribution in [2.24, 2.45) is 0 Å². The molecular formula is C40H40N6O7. The molecule has 3 aromatic carbocycles. The molecule has 4 amide bonds. The van der Waals surface area contributed by atoms with Gasteiger partial charge >= 0.3 is 0 Å². The molecule has 1 aromatic heterocycles. The van der Waals surface area contributed by atoms with Crippen LogP contribution in [0.2, 0.25) is 0 Å². The lowest BCUT2D eigenvalue weighted by atomic mass is 9.78. The Hall–Kier alpha value is -5.82. The summed E-state index contributed by atoms with van der Waals surface area (Å²) < 4.78 is 17.7. The number of nitrogens with zero attached hydrogens (tertiary/aromatic N) is 4. The standard InChI is InChI=1S/C40H40N6O7/c1-40(2,25-5-10-29(11-6-25)53-36-23-41-34(22-42-36)45-15-17-51-18-16-45)24-3-8-28(9-4-24)52-30-19-27(20-30)43-26-7-12-31-32(21-26)39(50)46(38(31)49)33-13-14-35(47)44-37(33)48/h3-12,21-23,27,30,33,43H,13-20H2,1-2H3,(H,44,47,48)/t27-,30-,33?. The van der Waals surface area contributed by atoms with E-state index in [0.717, 1.165) is 59.2 Å². The van der Waals surface area contributed by atoms with Crippen LogP contribution >= 0.6 is 0 Å². The van der Waals surface area contributed by atoms with E-state index in [9.17, 15) is 19.2 Å². The van der Waals surface area contributed by atoms with Gasteiger partial charge in [-0.3, -0.25) is 29.4 Å². The van der Waals surface area contributed by atoms with Crippen LogP contribution in [-0.4, -0.2) is 83.0 Å². The second kappa shape index (κ2) is 14.0. The lowest BCUT2D eigenvalue weighted by Crippen LogP contribution is -2.54. The fourth-order valence-electron chi connectivity index (χ4n) is 7.26. The second-order valence-corrected chi connectivity index (χ2v) is 14.3. The minimum absolute atomic E-state index is 0.0415. The summed E-state index contributed by atoms with van der Waals surface area (Å²) in [7, 11) is 0. The Balaban J connectivity index is 0.823. The van der Waals surface area contributed by atoms with E-state index in [4.69, 9.17) is 14.2 Å². The number of imide groups is 2. The molecule has 3 aliphatic heterocycles. The summed E-state index contributed by atoms with van der Waals surface area (Å²) in [5, 5.41) is 5.66. The van der Waals surface area contributed by atoms with Gasteiger partial charge in [-0.05, 0) is 60.0 Å². The number of anilines is 2. The Bertz CT molecular complexity index is 2040. The Kier molecular flexibility index (Phi) is 9.03. The first-order chi connectivity index (χ1) is 25.6. The van der Waals surface area contributed by atoms with Crippen molar-refractivity contribution in [3.63, 3.8) is 0 Å². The maximum Gasteiger partial charge on any atom is 0.262 e. The van der Waals surface area contributed by atoms with E-state index in [1.807, 2.05) is 24.3 Å². The maximum absolute atomic E-state index is 13.2. The molecular weight excluding hydrogens is 676 g/mol. The van der Waals surface area contributed by atoms with E-state index >= 15 is 0 Å². The SMILES string of the molecule is CC(C)(c1ccc(Oc2cnc(N3CCOCC3)cn2)cc1)c1ccc(O[C@H]2C[C@H](Nc3ccc4c(c3)C(=O)N(C3CCC(=O)NC3=O)C4=O)C2)cc1. The number of carbonyl (C=O) groups excluding carboxylic acids is 4. The summed E-state index contributed by atoms with van der Waals surface area (Å²) in [5.74, 6) is 0.683. The Morgan fingerprint density at radius 1 is 0.830 bits per heavy atom. The van der Waals surface area contributed by atoms with E-state index in [2.05, 4.69) is 63.6 Å². The number of piperidine rings is 1. The first-order valence-electron chi connectivity index (χ1n) is 17.9. The summed E-state index contributed by atoms with van der Waals surface area (Å²) >= 11 is 0. The minimum Gasteiger partial charge on any atom is -0.490 e. The molecule has 1 saturated carbocycles. The summed E-state index contributed by atoms with van der Waals surface area (Å²) in [5.41, 5.74) is 3.26. The molecule has 13 heteroatoms. The van der Waals surface area contributed by atoms with Crippen LogP contribution in [0.3, 0.4) is 0 Å². The number of ether oxygens (including phenoxy) is 3. The monoisotopic (exact) mass is 716 g/mol. The molecule has 4 aliphatic rings. The molecule has 272 valence electrons. The summed E-state index contributed by atoms with van der Waals surface area (Å²) in [4.78, 5) is 62.2. The normalized spacial score (nSPS) is 21.5. The van der Waals surface area contributed by atoms with Gasteiger partial charge in [-0.25, -0.2) is 9.97 Å². The molecule has 1 atom stereocenters. The van der Waals surface area contributed by atoms with Crippen molar-refractivity contribution in [1.29, 1.82) is 0 Å². The molecule has 0 radical (unpaired) electrons. The van der Waals surface area contributed by atoms with Crippen molar-refractivity contribution >= 4 is 35.1 Å². The van der Waals surface area contributed by atoms with Gasteiger partial charge in [-0.2, -0.15) is 0 Å². The summed E-state index contributed by atoms with van der Waals surface area (Å²) in [6, 6.07) is 20.4. The number of morpholine rings is 1. The third kappa shape index (κ3) is 6.91. The largest absolute Gasteiger partial charge is 0.490 e. The van der Waals surface area contributed by atoms with Gasteiger partial charge in [-0.15, -0.1) is 0 Å². The number of hydrogen-bond donors (Lipinski definition) is 2. The predicted octanol–water partition coefficient (Wildman–Crippen LogP) is 4.85. The number of nitrogens with one attached hydrogen (secondary N) is 2. The average molecular weight is 717 g/mol. The van der Waals surface area contributed by atoms with Crippen molar-refractivity contribution in [3.05, 3.63) is 101 Å². The molecule has 3 fully saturated rings. The van der Waals surface area contributed by atoms with Crippen LogP contribution in [0.1, 0.15) is 71.4 Å². The third-order valence-corrected chi connectivity index (χ3v) is 10.5. The van der Waals surface area contributed by atoms with Crippen LogP contribution < -0.4 is 25.0 Å². The van der Waals surface area contributed by atoms with Crippen molar-refractivity contribution in [2.45, 2.75) is 63.1 Å². The number of fused-ring (bicyclic) bond motifs is 1. The molecule has 4 heterocycles. The van der Waals surface area contributed by atoms with Crippen LogP contribution in [0, 0.1) is 0 Å². The van der Waals surface area contributed by atoms with E-state index < -0.39 is 29.7 Å². The number of carbonyl (C=O) groups is 4. The number of rotatable bonds is 10. The average Bonchev–Trinajstić information content (AvgIpc) is 3.40. The summed E-state index contributed by atoms with van der Waals surface area (Å²) in [6.07, 6.45) is 5.18. The highest BCUT2D eigenvalue weighted by Crippen LogP contribution is 2.36. The molecule has 53 heavy (non-hydrogen) atoms. The first-order valence-corrected chi connectivity index (χ1v) is 17.9. The number of amides is 4. The highest BCUT2D eigenvalue weighted by Gasteiger charge is 2.45. The predicted molar refractivity (Wildman–Crippen MR) is 194 cm³/mol. The fraction of sp³-hybridized carbons (Fsp3) is 0.350. The Morgan fingerprint density at radius 3 is 2.17 bits per heavy atom. The van der Waals surface area contributed by atoms with E-state index in [-0.39, 0.29) is 41.5 Å². The lowest BCUT2D eigenvalue weighted by molar-refractivity contribution is -0.136. The van der Waals surface area contributed by atoms with E-state index in [1.54, 1.807) is 30.6 Å². The van der Waals surface area contributed by atoms with Gasteiger partial charge in [0.25, 0.3) is 11.8 Å². The molecule has 13 nitrogen and oxygen atoms in total. The van der Waals surface area contributed by atoms with Gasteiger partial charge in [0, 0.05) is 49.5 Å². The molecule has 2 N–H and O–H groups in total. The third-order valence-electron chi connectivity index (χ3n) is 10.5. The fourth-order valence-corrected chi connectivity index (χ4v) is 7.26. The smallest absolute Gasteiger partial charge is 0.262 e. The molecule has 0 spiro atoms. The number of aromatic nitrogens is 2. The Labute approximate surface area is 306 Å². The van der Waals surface area contributed by atoms with Crippen molar-refractivity contribution in [2.75, 3.05) is 36.5 Å². The molecule has 8 rings (SSSR count). The van der Waals surface area contributed by atoms with E-state index in [0.29, 0.717) is 24.8 Å². The molecule has 0 bridgehead atoms. The number of hydrogen-bond acceptors (Lipinski definition) is 11. The Morgan fingerprint density at radius 2 is 1.51 bits per heavy atom. The van der Waals surface area contributed by atoms with Gasteiger partial charge in [0.05, 0.1) is 36.7 Å². The van der Waals surface area contributed by atoms with Crippen LogP contribution in [0.4, 0.5) is 11.5 Å². The van der Waals surface area contributed by atoms with Gasteiger partial charge in [0.1, 0.15) is 29.5 Å². The van der Waals surface area contributed by atoms with Crippen LogP contribution in [0.25, 0.3) is 0 Å². The first kappa shape index (κ1) is 34.3. The lowest BCUT2D eigenvalue weighted by Gasteiger charge is -2.36. The quantitative estimate of drug-likeness (QED) is 0.217. The van der Waals surface area contributed by atoms with Crippen molar-refractivity contribution < 1.29 is 33.4 Å². The van der Waals surface area contributed by atoms with Crippen molar-refractivity contribution in [3.8, 4) is 17.4 Å². The van der Waals surface area contributed by atoms with Gasteiger partial charge in [0.2, 0.25) is 17.7 Å². The minimum atomic E-state index is -0.986. The zero-order valence-corrected chi connectivity index (χ0v) is 29.5. The summed E-state index contributed by atoms with van der Waals surface area (Å²) in [6.45, 7) is 7.35. The highest BCUT2D eigenvalue weighted by atomic mass is 16.5. The zero-order valence-electron chi connectivity index (χ0n) is 29.5. The van der Waals surface area contributed by atoms with Crippen LogP contribution in [0.15, 0.2) is 79.1 Å². The van der Waals surface area contributed by atoms with Crippen LogP contribution in [0.5, 0.6) is 17.4 Å². The van der Waals surface area contributed by atoms with Crippen LogP contribution in [-0.2, 0) is 19.7 Å². The molecule has 1 aliphatic carbocycles. The molecule has 2 saturated heterocycles. The highest BCUT2D eigenvalue weighted by molar-refractivity contribution is 6.23. The van der Waals surface area contributed by atoms with E-state index in [1.165, 1.54) is 0 Å². The zero-order chi connectivity index (χ0) is 36.7. The second-order valence-electron chi connectivity index (χ2n) is 14.3. The van der Waals surface area contributed by atoms with Gasteiger partial charge in [0.15, 0.2) is 0 Å². The maximum atomic E-state index is 13.2. The molecule has 4 aromatic rings. The van der Waals surface area contributed by atoms with Gasteiger partial charge < -0.3 is 24.4 Å². The topological polar surface area (TPSA) is 152 Å².